The van der Waals surface area contributed by atoms with Crippen molar-refractivity contribution in [2.45, 2.75) is 26.2 Å². The number of nitrogens with two attached hydrogens (primary N) is 1. The number of thiazole rings is 1. The van der Waals surface area contributed by atoms with Crippen molar-refractivity contribution in [2.75, 3.05) is 11.1 Å². The van der Waals surface area contributed by atoms with Gasteiger partial charge in [-0.3, -0.25) is 10.1 Å². The molecule has 5 heteroatoms. The zero-order valence-electron chi connectivity index (χ0n) is 14.5. The second-order valence-electron chi connectivity index (χ2n) is 6.94. The number of carbonyl (C=O) groups excluding carboxylic acids is 1. The smallest absolute Gasteiger partial charge is 0.257 e. The summed E-state index contributed by atoms with van der Waals surface area (Å²) in [5.74, 6) is -0.154. The van der Waals surface area contributed by atoms with E-state index in [0.717, 1.165) is 11.3 Å². The van der Waals surface area contributed by atoms with Crippen LogP contribution in [0.3, 0.4) is 0 Å². The van der Waals surface area contributed by atoms with Gasteiger partial charge in [-0.25, -0.2) is 4.98 Å². The van der Waals surface area contributed by atoms with Gasteiger partial charge in [0.15, 0.2) is 5.13 Å². The van der Waals surface area contributed by atoms with E-state index in [9.17, 15) is 4.79 Å². The number of benzene rings is 2. The molecule has 0 radical (unpaired) electrons. The lowest BCUT2D eigenvalue weighted by atomic mass is 9.87. The fourth-order valence-corrected chi connectivity index (χ4v) is 3.12. The number of anilines is 2. The van der Waals surface area contributed by atoms with E-state index < -0.39 is 0 Å². The maximum absolute atomic E-state index is 12.4. The second kappa shape index (κ2) is 6.69. The van der Waals surface area contributed by atoms with Gasteiger partial charge in [0.1, 0.15) is 0 Å². The van der Waals surface area contributed by atoms with Crippen LogP contribution in [-0.4, -0.2) is 10.9 Å². The van der Waals surface area contributed by atoms with Crippen LogP contribution in [0.5, 0.6) is 0 Å². The average molecular weight is 351 g/mol. The number of amides is 1. The zero-order chi connectivity index (χ0) is 18.0. The van der Waals surface area contributed by atoms with Crippen LogP contribution in [-0.2, 0) is 5.41 Å². The van der Waals surface area contributed by atoms with Gasteiger partial charge < -0.3 is 5.73 Å². The first kappa shape index (κ1) is 17.2. The Labute approximate surface area is 151 Å². The summed E-state index contributed by atoms with van der Waals surface area (Å²) in [6, 6.07) is 15.2. The Bertz CT molecular complexity index is 875. The highest BCUT2D eigenvalue weighted by Crippen LogP contribution is 2.26. The molecule has 0 aliphatic heterocycles. The first-order chi connectivity index (χ1) is 11.8. The SMILES string of the molecule is CC(C)(C)c1ccc(C(=O)Nc2nc(-c3ccc(N)cc3)cs2)cc1. The molecule has 3 rings (SSSR count). The fraction of sp³-hybridized carbons (Fsp3) is 0.200. The summed E-state index contributed by atoms with van der Waals surface area (Å²) < 4.78 is 0. The first-order valence-electron chi connectivity index (χ1n) is 8.06. The molecular weight excluding hydrogens is 330 g/mol. The van der Waals surface area contributed by atoms with Crippen LogP contribution >= 0.6 is 11.3 Å². The summed E-state index contributed by atoms with van der Waals surface area (Å²) >= 11 is 1.40. The lowest BCUT2D eigenvalue weighted by molar-refractivity contribution is 0.102. The van der Waals surface area contributed by atoms with Crippen molar-refractivity contribution in [3.63, 3.8) is 0 Å². The number of hydrogen-bond acceptors (Lipinski definition) is 4. The van der Waals surface area contributed by atoms with Crippen molar-refractivity contribution in [3.8, 4) is 11.3 Å². The quantitative estimate of drug-likeness (QED) is 0.657. The molecule has 0 aliphatic rings. The molecule has 1 heterocycles. The molecule has 4 nitrogen and oxygen atoms in total. The van der Waals surface area contributed by atoms with Crippen LogP contribution in [0.4, 0.5) is 10.8 Å². The largest absolute Gasteiger partial charge is 0.399 e. The molecule has 0 fully saturated rings. The topological polar surface area (TPSA) is 68.0 Å². The van der Waals surface area contributed by atoms with Crippen LogP contribution in [0.1, 0.15) is 36.7 Å². The lowest BCUT2D eigenvalue weighted by Crippen LogP contribution is -2.14. The summed E-state index contributed by atoms with van der Waals surface area (Å²) in [4.78, 5) is 16.9. The molecule has 0 saturated carbocycles. The van der Waals surface area contributed by atoms with Crippen LogP contribution in [0, 0.1) is 0 Å². The van der Waals surface area contributed by atoms with Crippen LogP contribution < -0.4 is 11.1 Å². The Morgan fingerprint density at radius 1 is 1.04 bits per heavy atom. The number of hydrogen-bond donors (Lipinski definition) is 2. The highest BCUT2D eigenvalue weighted by Gasteiger charge is 2.15. The lowest BCUT2D eigenvalue weighted by Gasteiger charge is -2.18. The number of nitrogen functional groups attached to an aromatic ring is 1. The summed E-state index contributed by atoms with van der Waals surface area (Å²) in [6.07, 6.45) is 0. The van der Waals surface area contributed by atoms with E-state index in [0.29, 0.717) is 16.4 Å². The van der Waals surface area contributed by atoms with Crippen LogP contribution in [0.15, 0.2) is 53.9 Å². The summed E-state index contributed by atoms with van der Waals surface area (Å²) in [7, 11) is 0. The van der Waals surface area contributed by atoms with Gasteiger partial charge in [-0.1, -0.05) is 45.0 Å². The second-order valence-corrected chi connectivity index (χ2v) is 7.80. The minimum absolute atomic E-state index is 0.0678. The highest BCUT2D eigenvalue weighted by atomic mass is 32.1. The number of carbonyl (C=O) groups is 1. The van der Waals surface area contributed by atoms with Gasteiger partial charge in [0.05, 0.1) is 5.69 Å². The molecule has 0 unspecified atom stereocenters. The molecular formula is C20H21N3OS. The molecule has 0 bridgehead atoms. The summed E-state index contributed by atoms with van der Waals surface area (Å²) in [5.41, 5.74) is 10.1. The Hall–Kier alpha value is -2.66. The molecule has 0 spiro atoms. The van der Waals surface area contributed by atoms with Gasteiger partial charge in [-0.15, -0.1) is 11.3 Å². The standard InChI is InChI=1S/C20H21N3OS/c1-20(2,3)15-8-4-14(5-9-15)18(24)23-19-22-17(12-25-19)13-6-10-16(21)11-7-13/h4-12H,21H2,1-3H3,(H,22,23,24). The van der Waals surface area contributed by atoms with E-state index in [4.69, 9.17) is 5.73 Å². The van der Waals surface area contributed by atoms with E-state index in [-0.39, 0.29) is 11.3 Å². The highest BCUT2D eigenvalue weighted by molar-refractivity contribution is 7.14. The monoisotopic (exact) mass is 351 g/mol. The predicted octanol–water partition coefficient (Wildman–Crippen LogP) is 4.94. The molecule has 0 aliphatic carbocycles. The predicted molar refractivity (Wildman–Crippen MR) is 105 cm³/mol. The van der Waals surface area contributed by atoms with Crippen molar-refractivity contribution in [1.82, 2.24) is 4.98 Å². The minimum atomic E-state index is -0.154. The van der Waals surface area contributed by atoms with Crippen molar-refractivity contribution < 1.29 is 4.79 Å². The van der Waals surface area contributed by atoms with Crippen LogP contribution in [0.25, 0.3) is 11.3 Å². The minimum Gasteiger partial charge on any atom is -0.399 e. The van der Waals surface area contributed by atoms with Gasteiger partial charge in [-0.2, -0.15) is 0 Å². The Kier molecular flexibility index (Phi) is 4.59. The van der Waals surface area contributed by atoms with E-state index in [1.54, 1.807) is 0 Å². The van der Waals surface area contributed by atoms with Gasteiger partial charge in [0.2, 0.25) is 0 Å². The van der Waals surface area contributed by atoms with E-state index in [2.05, 4.69) is 31.1 Å². The molecule has 0 atom stereocenters. The van der Waals surface area contributed by atoms with E-state index in [1.165, 1.54) is 16.9 Å². The Morgan fingerprint density at radius 2 is 1.68 bits per heavy atom. The molecule has 1 amide bonds. The van der Waals surface area contributed by atoms with Crippen molar-refractivity contribution in [2.24, 2.45) is 0 Å². The third kappa shape index (κ3) is 4.06. The molecule has 3 N–H and O–H groups in total. The van der Waals surface area contributed by atoms with Gasteiger partial charge >= 0.3 is 0 Å². The molecule has 1 aromatic heterocycles. The van der Waals surface area contributed by atoms with Crippen LogP contribution in [0.2, 0.25) is 0 Å². The number of nitrogens with one attached hydrogen (secondary N) is 1. The number of nitrogens with zero attached hydrogens (tertiary/aromatic N) is 1. The number of aromatic nitrogens is 1. The maximum Gasteiger partial charge on any atom is 0.257 e. The molecule has 2 aromatic carbocycles. The normalized spacial score (nSPS) is 11.3. The number of rotatable bonds is 3. The van der Waals surface area contributed by atoms with Gasteiger partial charge in [-0.05, 0) is 35.2 Å². The summed E-state index contributed by atoms with van der Waals surface area (Å²) in [6.45, 7) is 6.45. The van der Waals surface area contributed by atoms with Gasteiger partial charge in [0.25, 0.3) is 5.91 Å². The third-order valence-corrected chi connectivity index (χ3v) is 4.70. The van der Waals surface area contributed by atoms with E-state index >= 15 is 0 Å². The van der Waals surface area contributed by atoms with Gasteiger partial charge in [0, 0.05) is 22.2 Å². The maximum atomic E-state index is 12.4. The molecule has 128 valence electrons. The third-order valence-electron chi connectivity index (χ3n) is 3.94. The van der Waals surface area contributed by atoms with Crippen molar-refractivity contribution in [3.05, 3.63) is 65.0 Å². The zero-order valence-corrected chi connectivity index (χ0v) is 15.4. The average Bonchev–Trinajstić information content (AvgIpc) is 3.03. The Balaban J connectivity index is 1.72. The van der Waals surface area contributed by atoms with Crippen molar-refractivity contribution in [1.29, 1.82) is 0 Å². The molecule has 25 heavy (non-hydrogen) atoms. The first-order valence-corrected chi connectivity index (χ1v) is 8.94. The van der Waals surface area contributed by atoms with E-state index in [1.807, 2.05) is 53.9 Å². The molecule has 3 aromatic rings. The summed E-state index contributed by atoms with van der Waals surface area (Å²) in [5, 5.41) is 5.36. The molecule has 0 saturated heterocycles. The Morgan fingerprint density at radius 3 is 2.28 bits per heavy atom. The fourth-order valence-electron chi connectivity index (χ4n) is 2.41. The van der Waals surface area contributed by atoms with Crippen molar-refractivity contribution >= 4 is 28.1 Å².